The van der Waals surface area contributed by atoms with Crippen LogP contribution in [0.4, 0.5) is 0 Å². The Morgan fingerprint density at radius 1 is 1.56 bits per heavy atom. The highest BCUT2D eigenvalue weighted by Gasteiger charge is 2.19. The molecule has 1 aromatic rings. The van der Waals surface area contributed by atoms with Gasteiger partial charge in [0.25, 0.3) is 5.91 Å². The van der Waals surface area contributed by atoms with Crippen molar-refractivity contribution in [3.05, 3.63) is 35.4 Å². The molecule has 0 unspecified atom stereocenters. The van der Waals surface area contributed by atoms with E-state index in [9.17, 15) is 4.79 Å². The van der Waals surface area contributed by atoms with Crippen LogP contribution in [0.5, 0.6) is 0 Å². The average molecular weight is 218 g/mol. The van der Waals surface area contributed by atoms with E-state index < -0.39 is 5.54 Å². The minimum absolute atomic E-state index is 0.142. The third kappa shape index (κ3) is 3.07. The number of benzene rings is 1. The summed E-state index contributed by atoms with van der Waals surface area (Å²) >= 11 is 0. The highest BCUT2D eigenvalue weighted by molar-refractivity contribution is 5.95. The first kappa shape index (κ1) is 12.2. The number of carbonyl (C=O) groups is 1. The Labute approximate surface area is 94.5 Å². The first-order valence-corrected chi connectivity index (χ1v) is 4.92. The number of nitriles is 1. The van der Waals surface area contributed by atoms with Crippen LogP contribution in [0, 0.1) is 11.3 Å². The topological polar surface area (TPSA) is 73.1 Å². The van der Waals surface area contributed by atoms with Crippen molar-refractivity contribution in [1.82, 2.24) is 5.32 Å². The van der Waals surface area contributed by atoms with Crippen molar-refractivity contribution in [3.63, 3.8) is 0 Å². The smallest absolute Gasteiger partial charge is 0.251 e. The summed E-state index contributed by atoms with van der Waals surface area (Å²) in [6, 6.07) is 8.40. The predicted molar refractivity (Wildman–Crippen MR) is 59.8 cm³/mol. The molecule has 0 saturated carbocycles. The molecule has 4 heteroatoms. The van der Waals surface area contributed by atoms with E-state index >= 15 is 0 Å². The van der Waals surface area contributed by atoms with Gasteiger partial charge in [-0.1, -0.05) is 6.07 Å². The van der Waals surface area contributed by atoms with E-state index in [0.717, 1.165) is 0 Å². The predicted octanol–water partition coefficient (Wildman–Crippen LogP) is 1.06. The maximum atomic E-state index is 11.8. The number of nitrogens with one attached hydrogen (secondary N) is 1. The maximum absolute atomic E-state index is 11.8. The molecule has 0 heterocycles. The summed E-state index contributed by atoms with van der Waals surface area (Å²) in [4.78, 5) is 11.8. The summed E-state index contributed by atoms with van der Waals surface area (Å²) in [5.41, 5.74) is 0.190. The number of aliphatic hydroxyl groups excluding tert-OH is 1. The van der Waals surface area contributed by atoms with Crippen molar-refractivity contribution < 1.29 is 9.90 Å². The lowest BCUT2D eigenvalue weighted by Crippen LogP contribution is -2.46. The van der Waals surface area contributed by atoms with Crippen molar-refractivity contribution in [2.24, 2.45) is 0 Å². The molecule has 0 fully saturated rings. The van der Waals surface area contributed by atoms with Crippen LogP contribution in [-0.4, -0.2) is 23.2 Å². The fourth-order valence-corrected chi connectivity index (χ4v) is 1.15. The number of rotatable bonds is 3. The molecule has 2 N–H and O–H groups in total. The molecule has 1 amide bonds. The van der Waals surface area contributed by atoms with Crippen LogP contribution < -0.4 is 5.32 Å². The van der Waals surface area contributed by atoms with E-state index in [1.807, 2.05) is 6.07 Å². The summed E-state index contributed by atoms with van der Waals surface area (Å²) in [6.45, 7) is 3.30. The van der Waals surface area contributed by atoms with Gasteiger partial charge in [-0.3, -0.25) is 4.79 Å². The van der Waals surface area contributed by atoms with Gasteiger partial charge >= 0.3 is 0 Å². The van der Waals surface area contributed by atoms with Gasteiger partial charge in [0.05, 0.1) is 23.8 Å². The summed E-state index contributed by atoms with van der Waals surface area (Å²) < 4.78 is 0. The maximum Gasteiger partial charge on any atom is 0.251 e. The lowest BCUT2D eigenvalue weighted by atomic mass is 10.1. The first-order chi connectivity index (χ1) is 7.48. The molecule has 1 rings (SSSR count). The zero-order valence-electron chi connectivity index (χ0n) is 9.32. The second kappa shape index (κ2) is 4.77. The van der Waals surface area contributed by atoms with Crippen molar-refractivity contribution in [1.29, 1.82) is 5.26 Å². The number of hydrogen-bond donors (Lipinski definition) is 2. The number of nitrogens with zero attached hydrogens (tertiary/aromatic N) is 1. The number of carbonyl (C=O) groups excluding carboxylic acids is 1. The lowest BCUT2D eigenvalue weighted by Gasteiger charge is -2.23. The Morgan fingerprint density at radius 2 is 2.25 bits per heavy atom. The summed E-state index contributed by atoms with van der Waals surface area (Å²) in [7, 11) is 0. The van der Waals surface area contributed by atoms with Gasteiger partial charge in [0.15, 0.2) is 0 Å². The molecule has 0 saturated heterocycles. The third-order valence-corrected chi connectivity index (χ3v) is 2.10. The van der Waals surface area contributed by atoms with Crippen molar-refractivity contribution in [3.8, 4) is 6.07 Å². The van der Waals surface area contributed by atoms with Gasteiger partial charge in [0.2, 0.25) is 0 Å². The van der Waals surface area contributed by atoms with Gasteiger partial charge in [-0.25, -0.2) is 0 Å². The number of aliphatic hydroxyl groups is 1. The van der Waals surface area contributed by atoms with E-state index in [2.05, 4.69) is 5.32 Å². The van der Waals surface area contributed by atoms with E-state index in [-0.39, 0.29) is 12.5 Å². The zero-order valence-corrected chi connectivity index (χ0v) is 9.32. The summed E-state index contributed by atoms with van der Waals surface area (Å²) in [6.07, 6.45) is 0. The molecular weight excluding hydrogens is 204 g/mol. The molecule has 0 aliphatic rings. The summed E-state index contributed by atoms with van der Waals surface area (Å²) in [5.74, 6) is -0.295. The Kier molecular flexibility index (Phi) is 3.64. The van der Waals surface area contributed by atoms with Gasteiger partial charge in [-0.05, 0) is 32.0 Å². The molecule has 0 aliphatic heterocycles. The van der Waals surface area contributed by atoms with Crippen LogP contribution in [0.25, 0.3) is 0 Å². The van der Waals surface area contributed by atoms with Crippen LogP contribution in [0.1, 0.15) is 29.8 Å². The standard InChI is InChI=1S/C12H14N2O2/c1-12(2,8-15)14-11(16)10-5-3-4-9(6-10)7-13/h3-6,15H,8H2,1-2H3,(H,14,16). The molecule has 0 aliphatic carbocycles. The van der Waals surface area contributed by atoms with Gasteiger partial charge in [-0.2, -0.15) is 5.26 Å². The van der Waals surface area contributed by atoms with Crippen LogP contribution in [0.2, 0.25) is 0 Å². The van der Waals surface area contributed by atoms with Crippen LogP contribution in [0.3, 0.4) is 0 Å². The Hall–Kier alpha value is -1.86. The van der Waals surface area contributed by atoms with Gasteiger partial charge in [0.1, 0.15) is 0 Å². The molecule has 16 heavy (non-hydrogen) atoms. The fourth-order valence-electron chi connectivity index (χ4n) is 1.15. The zero-order chi connectivity index (χ0) is 12.2. The quantitative estimate of drug-likeness (QED) is 0.796. The Balaban J connectivity index is 2.86. The molecule has 0 bridgehead atoms. The largest absolute Gasteiger partial charge is 0.394 e. The van der Waals surface area contributed by atoms with Gasteiger partial charge in [0, 0.05) is 5.56 Å². The van der Waals surface area contributed by atoms with Crippen LogP contribution >= 0.6 is 0 Å². The molecule has 0 radical (unpaired) electrons. The Morgan fingerprint density at radius 3 is 2.81 bits per heavy atom. The SMILES string of the molecule is CC(C)(CO)NC(=O)c1cccc(C#N)c1. The molecule has 84 valence electrons. The molecular formula is C12H14N2O2. The number of amides is 1. The van der Waals surface area contributed by atoms with Gasteiger partial charge < -0.3 is 10.4 Å². The van der Waals surface area contributed by atoms with Crippen molar-refractivity contribution in [2.45, 2.75) is 19.4 Å². The minimum atomic E-state index is -0.667. The van der Waals surface area contributed by atoms with E-state index in [4.69, 9.17) is 10.4 Å². The minimum Gasteiger partial charge on any atom is -0.394 e. The normalized spacial score (nSPS) is 10.6. The first-order valence-electron chi connectivity index (χ1n) is 4.92. The third-order valence-electron chi connectivity index (χ3n) is 2.10. The monoisotopic (exact) mass is 218 g/mol. The van der Waals surface area contributed by atoms with Crippen molar-refractivity contribution >= 4 is 5.91 Å². The van der Waals surface area contributed by atoms with E-state index in [1.54, 1.807) is 32.0 Å². The summed E-state index contributed by atoms with van der Waals surface area (Å²) in [5, 5.41) is 20.4. The highest BCUT2D eigenvalue weighted by Crippen LogP contribution is 2.07. The molecule has 0 aromatic heterocycles. The van der Waals surface area contributed by atoms with E-state index in [0.29, 0.717) is 11.1 Å². The lowest BCUT2D eigenvalue weighted by molar-refractivity contribution is 0.0869. The second-order valence-corrected chi connectivity index (χ2v) is 4.19. The van der Waals surface area contributed by atoms with Crippen LogP contribution in [-0.2, 0) is 0 Å². The van der Waals surface area contributed by atoms with Gasteiger partial charge in [-0.15, -0.1) is 0 Å². The average Bonchev–Trinajstić information content (AvgIpc) is 2.28. The molecule has 4 nitrogen and oxygen atoms in total. The molecule has 0 spiro atoms. The number of hydrogen-bond acceptors (Lipinski definition) is 3. The highest BCUT2D eigenvalue weighted by atomic mass is 16.3. The van der Waals surface area contributed by atoms with E-state index in [1.165, 1.54) is 6.07 Å². The Bertz CT molecular complexity index is 433. The van der Waals surface area contributed by atoms with Crippen molar-refractivity contribution in [2.75, 3.05) is 6.61 Å². The second-order valence-electron chi connectivity index (χ2n) is 4.19. The molecule has 1 aromatic carbocycles. The molecule has 0 atom stereocenters. The fraction of sp³-hybridized carbons (Fsp3) is 0.333. The van der Waals surface area contributed by atoms with Crippen LogP contribution in [0.15, 0.2) is 24.3 Å².